The summed E-state index contributed by atoms with van der Waals surface area (Å²) in [4.78, 5) is 37.9. The van der Waals surface area contributed by atoms with Gasteiger partial charge in [-0.15, -0.1) is 0 Å². The van der Waals surface area contributed by atoms with E-state index in [0.29, 0.717) is 45.0 Å². The third-order valence-corrected chi connectivity index (χ3v) is 9.70. The molecule has 8 rings (SSSR count). The van der Waals surface area contributed by atoms with Gasteiger partial charge in [-0.3, -0.25) is 4.98 Å². The van der Waals surface area contributed by atoms with E-state index >= 15 is 0 Å². The number of rotatable bonds is 12. The lowest BCUT2D eigenvalue weighted by Gasteiger charge is -2.14. The van der Waals surface area contributed by atoms with Crippen molar-refractivity contribution in [2.24, 2.45) is 0 Å². The number of nitrogens with zero attached hydrogens (tertiary/aromatic N) is 4. The largest absolute Gasteiger partial charge is 0.488 e. The summed E-state index contributed by atoms with van der Waals surface area (Å²) in [5.74, 6) is -1.22. The molecule has 0 unspecified atom stereocenters. The van der Waals surface area contributed by atoms with Crippen molar-refractivity contribution in [3.63, 3.8) is 0 Å². The fourth-order valence-corrected chi connectivity index (χ4v) is 6.40. The molecule has 0 aliphatic rings. The van der Waals surface area contributed by atoms with E-state index < -0.39 is 23.6 Å². The Hall–Kier alpha value is -8.52. The molecule has 0 spiro atoms. The number of nitrogen functional groups attached to an aromatic ring is 2. The van der Waals surface area contributed by atoms with Crippen molar-refractivity contribution in [2.45, 2.75) is 20.1 Å². The highest BCUT2D eigenvalue weighted by molar-refractivity contribution is 5.88. The molecule has 12 nitrogen and oxygen atoms in total. The lowest BCUT2D eigenvalue weighted by Crippen LogP contribution is -2.00. The van der Waals surface area contributed by atoms with Crippen LogP contribution in [-0.2, 0) is 13.2 Å². The summed E-state index contributed by atoms with van der Waals surface area (Å²) >= 11 is 0. The maximum Gasteiger partial charge on any atom is 0.335 e. The molecule has 0 fully saturated rings. The Kier molecular flexibility index (Phi) is 13.0. The highest BCUT2D eigenvalue weighted by atomic mass is 19.1. The van der Waals surface area contributed by atoms with Gasteiger partial charge in [-0.05, 0) is 89.8 Å². The van der Waals surface area contributed by atoms with Gasteiger partial charge in [0.05, 0.1) is 29.2 Å². The fraction of sp³-hybridized carbons (Fsp3) is 0.0612. The number of halogens is 2. The molecule has 0 bridgehead atoms. The highest BCUT2D eigenvalue weighted by Crippen LogP contribution is 2.35. The smallest absolute Gasteiger partial charge is 0.335 e. The van der Waals surface area contributed by atoms with E-state index in [4.69, 9.17) is 31.2 Å². The van der Waals surface area contributed by atoms with Crippen LogP contribution in [0.25, 0.3) is 44.6 Å². The van der Waals surface area contributed by atoms with E-state index in [0.717, 1.165) is 27.8 Å². The molecule has 6 aromatic carbocycles. The van der Waals surface area contributed by atoms with Crippen LogP contribution >= 0.6 is 0 Å². The van der Waals surface area contributed by atoms with Crippen LogP contribution < -0.4 is 20.9 Å². The minimum atomic E-state index is -0.978. The number of hydrogen-bond donors (Lipinski definition) is 4. The number of benzene rings is 6. The van der Waals surface area contributed by atoms with Gasteiger partial charge in [-0.2, -0.15) is 0 Å². The number of carbonyl (C=O) groups is 2. The first kappa shape index (κ1) is 42.6. The Labute approximate surface area is 360 Å². The summed E-state index contributed by atoms with van der Waals surface area (Å²) in [6.07, 6.45) is 5.78. The molecular formula is C49H38F2N6O6. The summed E-state index contributed by atoms with van der Waals surface area (Å²) in [7, 11) is 0. The normalized spacial score (nSPS) is 10.7. The Bertz CT molecular complexity index is 2900. The van der Waals surface area contributed by atoms with Crippen LogP contribution in [0.15, 0.2) is 152 Å². The summed E-state index contributed by atoms with van der Waals surface area (Å²) in [5.41, 5.74) is 18.6. The van der Waals surface area contributed by atoms with Gasteiger partial charge < -0.3 is 31.2 Å². The molecule has 8 aromatic rings. The summed E-state index contributed by atoms with van der Waals surface area (Å²) in [6.45, 7) is 2.45. The number of hydrogen-bond acceptors (Lipinski definition) is 10. The van der Waals surface area contributed by atoms with E-state index in [1.54, 1.807) is 48.5 Å². The second-order valence-electron chi connectivity index (χ2n) is 14.1. The van der Waals surface area contributed by atoms with Gasteiger partial charge in [0.25, 0.3) is 0 Å². The van der Waals surface area contributed by atoms with E-state index in [2.05, 4.69) is 19.9 Å². The van der Waals surface area contributed by atoms with Crippen molar-refractivity contribution in [3.8, 4) is 56.1 Å². The monoisotopic (exact) mass is 844 g/mol. The number of nitrogens with two attached hydrogens (primary N) is 2. The first-order valence-electron chi connectivity index (χ1n) is 19.3. The number of aromatic carboxylic acids is 2. The molecule has 0 saturated heterocycles. The lowest BCUT2D eigenvalue weighted by molar-refractivity contribution is 0.0686. The van der Waals surface area contributed by atoms with Gasteiger partial charge in [0.15, 0.2) is 0 Å². The molecule has 0 saturated carbocycles. The average molecular weight is 845 g/mol. The van der Waals surface area contributed by atoms with Gasteiger partial charge in [0, 0.05) is 40.2 Å². The van der Waals surface area contributed by atoms with Gasteiger partial charge in [0.1, 0.15) is 42.2 Å². The maximum absolute atomic E-state index is 14.9. The quantitative estimate of drug-likeness (QED) is 0.0910. The van der Waals surface area contributed by atoms with Crippen molar-refractivity contribution in [2.75, 3.05) is 11.5 Å². The average Bonchev–Trinajstić information content (AvgIpc) is 3.29. The molecule has 0 aliphatic heterocycles. The Morgan fingerprint density at radius 1 is 0.540 bits per heavy atom. The maximum atomic E-state index is 14.9. The number of aryl methyl sites for hydroxylation is 1. The predicted molar refractivity (Wildman–Crippen MR) is 235 cm³/mol. The van der Waals surface area contributed by atoms with Gasteiger partial charge in [-0.25, -0.2) is 33.3 Å². The van der Waals surface area contributed by atoms with Crippen molar-refractivity contribution < 1.29 is 38.1 Å². The molecule has 0 aliphatic carbocycles. The van der Waals surface area contributed by atoms with Crippen molar-refractivity contribution >= 4 is 23.7 Å². The van der Waals surface area contributed by atoms with Crippen LogP contribution in [0.5, 0.6) is 11.5 Å². The molecule has 63 heavy (non-hydrogen) atoms. The number of carboxylic acids is 2. The molecule has 0 atom stereocenters. The van der Waals surface area contributed by atoms with Crippen molar-refractivity contribution in [1.82, 2.24) is 19.9 Å². The molecule has 2 aromatic heterocycles. The second-order valence-corrected chi connectivity index (χ2v) is 14.1. The number of anilines is 2. The van der Waals surface area contributed by atoms with Crippen LogP contribution in [0.1, 0.15) is 37.4 Å². The number of para-hydroxylation sites is 1. The Morgan fingerprint density at radius 2 is 1.08 bits per heavy atom. The van der Waals surface area contributed by atoms with Gasteiger partial charge in [0.2, 0.25) is 5.95 Å². The second kappa shape index (κ2) is 19.2. The zero-order valence-electron chi connectivity index (χ0n) is 33.6. The van der Waals surface area contributed by atoms with Crippen LogP contribution in [0, 0.1) is 18.6 Å². The molecule has 0 radical (unpaired) electrons. The lowest BCUT2D eigenvalue weighted by atomic mass is 9.99. The third-order valence-electron chi connectivity index (χ3n) is 9.70. The van der Waals surface area contributed by atoms with Crippen molar-refractivity contribution in [3.05, 3.63) is 192 Å². The summed E-state index contributed by atoms with van der Waals surface area (Å²) in [5, 5.41) is 18.0. The predicted octanol–water partition coefficient (Wildman–Crippen LogP) is 9.93. The minimum absolute atomic E-state index is 0.130. The highest BCUT2D eigenvalue weighted by Gasteiger charge is 2.15. The number of ether oxygens (including phenoxy) is 2. The Balaban J connectivity index is 0.000000189. The molecular weight excluding hydrogens is 807 g/mol. The molecule has 0 amide bonds. The van der Waals surface area contributed by atoms with Crippen LogP contribution in [-0.4, -0.2) is 42.1 Å². The minimum Gasteiger partial charge on any atom is -0.488 e. The van der Waals surface area contributed by atoms with E-state index in [-0.39, 0.29) is 36.1 Å². The van der Waals surface area contributed by atoms with Crippen LogP contribution in [0.4, 0.5) is 20.5 Å². The van der Waals surface area contributed by atoms with Crippen LogP contribution in [0.2, 0.25) is 0 Å². The van der Waals surface area contributed by atoms with E-state index in [9.17, 15) is 18.4 Å². The number of carboxylic acid groups (broad SMARTS) is 2. The van der Waals surface area contributed by atoms with Crippen molar-refractivity contribution in [1.29, 1.82) is 0 Å². The van der Waals surface area contributed by atoms with E-state index in [1.165, 1.54) is 61.2 Å². The van der Waals surface area contributed by atoms with Crippen LogP contribution in [0.3, 0.4) is 0 Å². The third kappa shape index (κ3) is 10.6. The fourth-order valence-electron chi connectivity index (χ4n) is 6.40. The standard InChI is InChI=1S/C25H20FN3O3.C24H18FN3O3/c1-15-2-9-23(32-14-16-3-5-17(6-4-16)24(30)31)21(10-15)18-7-8-20(22(26)11-18)19-12-28-25(27)29-13-19;25-20-11-17(9-10-19(20)21-12-28-23(26)13-27-21)18-3-1-2-4-22(18)31-14-15-5-7-16(8-6-15)24(29)30/h2-13H,14H2,1H3,(H,30,31)(H2,27,28,29);1-13H,14H2,(H2,26,28)(H,29,30). The van der Waals surface area contributed by atoms with Gasteiger partial charge >= 0.3 is 11.9 Å². The first-order chi connectivity index (χ1) is 30.4. The summed E-state index contributed by atoms with van der Waals surface area (Å²) in [6, 6.07) is 35.8. The number of aromatic nitrogens is 4. The molecule has 2 heterocycles. The van der Waals surface area contributed by atoms with Gasteiger partial charge in [-0.1, -0.05) is 72.3 Å². The zero-order chi connectivity index (χ0) is 44.5. The summed E-state index contributed by atoms with van der Waals surface area (Å²) < 4.78 is 41.7. The zero-order valence-corrected chi connectivity index (χ0v) is 33.6. The first-order valence-corrected chi connectivity index (χ1v) is 19.3. The SMILES string of the molecule is Cc1ccc(OCc2ccc(C(=O)O)cc2)c(-c2ccc(-c3cnc(N)nc3)c(F)c2)c1.Nc1cnc(-c2ccc(-c3ccccc3OCc3ccc(C(=O)O)cc3)cc2F)cn1. The van der Waals surface area contributed by atoms with E-state index in [1.807, 2.05) is 49.4 Å². The topological polar surface area (TPSA) is 197 Å². The molecule has 14 heteroatoms. The molecule has 314 valence electrons. The molecule has 6 N–H and O–H groups in total. The Morgan fingerprint density at radius 3 is 1.62 bits per heavy atom.